The fourth-order valence-corrected chi connectivity index (χ4v) is 11.7. The average molecular weight is 862 g/mol. The number of hydrogen-bond acceptors (Lipinski definition) is 2. The Balaban J connectivity index is 1.14. The highest BCUT2D eigenvalue weighted by Gasteiger charge is 2.53. The zero-order valence-corrected chi connectivity index (χ0v) is 38.9. The highest BCUT2D eigenvalue weighted by molar-refractivity contribution is 6.23. The third kappa shape index (κ3) is 5.69. The number of benzene rings is 10. The van der Waals surface area contributed by atoms with Crippen molar-refractivity contribution in [1.82, 2.24) is 0 Å². The third-order valence-electron chi connectivity index (χ3n) is 15.0. The Morgan fingerprint density at radius 3 is 1.69 bits per heavy atom. The molecule has 0 fully saturated rings. The molecule has 1 spiro atoms. The number of fused-ring (bicyclic) bond motifs is 16. The Labute approximate surface area is 392 Å². The van der Waals surface area contributed by atoms with Crippen molar-refractivity contribution in [2.75, 3.05) is 4.90 Å². The lowest BCUT2D eigenvalue weighted by atomic mass is 9.69. The molecule has 13 rings (SSSR count). The largest absolute Gasteiger partial charge is 0.454 e. The van der Waals surface area contributed by atoms with Gasteiger partial charge in [0.25, 0.3) is 0 Å². The van der Waals surface area contributed by atoms with E-state index in [9.17, 15) is 0 Å². The van der Waals surface area contributed by atoms with Gasteiger partial charge in [0, 0.05) is 22.0 Å². The first-order valence-electron chi connectivity index (χ1n) is 23.8. The molecule has 0 bridgehead atoms. The van der Waals surface area contributed by atoms with Crippen LogP contribution in [0.3, 0.4) is 0 Å². The molecule has 322 valence electrons. The van der Waals surface area contributed by atoms with E-state index in [1.165, 1.54) is 88.3 Å². The van der Waals surface area contributed by atoms with Gasteiger partial charge < -0.3 is 9.32 Å². The first kappa shape index (κ1) is 39.7. The zero-order chi connectivity index (χ0) is 45.4. The van der Waals surface area contributed by atoms with Gasteiger partial charge in [-0.3, -0.25) is 0 Å². The number of para-hydroxylation sites is 1. The Kier molecular flexibility index (Phi) is 8.38. The zero-order valence-electron chi connectivity index (χ0n) is 38.9. The number of anilines is 3. The van der Waals surface area contributed by atoms with Crippen LogP contribution < -0.4 is 4.90 Å². The van der Waals surface area contributed by atoms with Crippen molar-refractivity contribution in [2.24, 2.45) is 0 Å². The summed E-state index contributed by atoms with van der Waals surface area (Å²) in [6.45, 7) is 14.0. The summed E-state index contributed by atoms with van der Waals surface area (Å²) in [5.41, 5.74) is 19.9. The minimum Gasteiger partial charge on any atom is -0.454 e. The minimum absolute atomic E-state index is 0.0343. The molecule has 10 aromatic carbocycles. The van der Waals surface area contributed by atoms with Gasteiger partial charge in [0.15, 0.2) is 5.58 Å². The third-order valence-corrected chi connectivity index (χ3v) is 15.0. The SMILES string of the molecule is CC(C)(C)c1ccc2c(c1)C1(c3cc(C(C)(C)C)ccc3-2)c2ccccc2-c2c(N(c3ccc(-c4cccc5ccccc45)cc3)c3cc4ccccc4c4c3oc3ccccc34)cccc21. The summed E-state index contributed by atoms with van der Waals surface area (Å²) in [6.07, 6.45) is 0. The maximum Gasteiger partial charge on any atom is 0.160 e. The molecule has 0 aliphatic heterocycles. The normalized spacial score (nSPS) is 13.6. The average Bonchev–Trinajstić information content (AvgIpc) is 3.98. The Morgan fingerprint density at radius 2 is 0.970 bits per heavy atom. The van der Waals surface area contributed by atoms with Crippen molar-refractivity contribution in [1.29, 1.82) is 0 Å². The van der Waals surface area contributed by atoms with Gasteiger partial charge in [-0.2, -0.15) is 0 Å². The Hall–Kier alpha value is -7.68. The van der Waals surface area contributed by atoms with Gasteiger partial charge in [-0.1, -0.05) is 211 Å². The topological polar surface area (TPSA) is 16.4 Å². The van der Waals surface area contributed by atoms with Crippen LogP contribution in [-0.2, 0) is 16.2 Å². The smallest absolute Gasteiger partial charge is 0.160 e. The Bertz CT molecular complexity index is 3760. The van der Waals surface area contributed by atoms with E-state index >= 15 is 0 Å². The summed E-state index contributed by atoms with van der Waals surface area (Å²) in [6, 6.07) is 75.0. The van der Waals surface area contributed by atoms with Crippen LogP contribution in [0, 0.1) is 0 Å². The monoisotopic (exact) mass is 861 g/mol. The van der Waals surface area contributed by atoms with Crippen LogP contribution in [0.2, 0.25) is 0 Å². The highest BCUT2D eigenvalue weighted by atomic mass is 16.3. The molecule has 67 heavy (non-hydrogen) atoms. The lowest BCUT2D eigenvalue weighted by Crippen LogP contribution is -2.27. The van der Waals surface area contributed by atoms with Crippen molar-refractivity contribution in [3.8, 4) is 33.4 Å². The molecular weight excluding hydrogens is 811 g/mol. The first-order chi connectivity index (χ1) is 32.5. The molecule has 1 aromatic heterocycles. The molecule has 0 atom stereocenters. The lowest BCUT2D eigenvalue weighted by molar-refractivity contribution is 0.586. The molecule has 0 saturated carbocycles. The second-order valence-electron chi connectivity index (χ2n) is 20.8. The summed E-state index contributed by atoms with van der Waals surface area (Å²) in [5, 5.41) is 7.09. The summed E-state index contributed by atoms with van der Waals surface area (Å²) < 4.78 is 7.08. The molecule has 0 saturated heterocycles. The van der Waals surface area contributed by atoms with Gasteiger partial charge in [0.1, 0.15) is 5.58 Å². The lowest BCUT2D eigenvalue weighted by Gasteiger charge is -2.33. The van der Waals surface area contributed by atoms with Crippen molar-refractivity contribution in [2.45, 2.75) is 57.8 Å². The van der Waals surface area contributed by atoms with Crippen molar-refractivity contribution in [3.63, 3.8) is 0 Å². The molecule has 2 heteroatoms. The predicted molar refractivity (Wildman–Crippen MR) is 283 cm³/mol. The van der Waals surface area contributed by atoms with Gasteiger partial charge in [-0.25, -0.2) is 0 Å². The predicted octanol–water partition coefficient (Wildman–Crippen LogP) is 18.0. The van der Waals surface area contributed by atoms with E-state index in [4.69, 9.17) is 4.42 Å². The number of nitrogens with zero attached hydrogens (tertiary/aromatic N) is 1. The van der Waals surface area contributed by atoms with Crippen molar-refractivity contribution < 1.29 is 4.42 Å². The molecule has 0 unspecified atom stereocenters. The van der Waals surface area contributed by atoms with Crippen molar-refractivity contribution in [3.05, 3.63) is 234 Å². The van der Waals surface area contributed by atoms with E-state index in [-0.39, 0.29) is 10.8 Å². The van der Waals surface area contributed by atoms with Crippen molar-refractivity contribution >= 4 is 60.5 Å². The van der Waals surface area contributed by atoms with Crippen LogP contribution in [0.5, 0.6) is 0 Å². The standard InChI is InChI=1S/C65H51NO/c1-63(2,3)43-31-35-49-50-36-32-44(64(4,5)6)39-56(50)65(55(49)38-43)53-25-13-11-22-51(53)61-54(65)26-16-27-57(61)66(45-33-29-41(30-34-45)47-24-15-19-40-17-7-9-20-46(40)47)58-37-42-18-8-10-21-48(42)60-52-23-12-14-28-59(52)67-62(58)60/h7-39H,1-6H3. The molecule has 0 N–H and O–H groups in total. The van der Waals surface area contributed by atoms with Crippen LogP contribution >= 0.6 is 0 Å². The van der Waals surface area contributed by atoms with Crippen LogP contribution in [0.15, 0.2) is 205 Å². The second kappa shape index (κ2) is 14.2. The van der Waals surface area contributed by atoms with Crippen LogP contribution in [0.25, 0.3) is 76.9 Å². The quantitative estimate of drug-likeness (QED) is 0.175. The molecule has 11 aromatic rings. The van der Waals surface area contributed by atoms with Crippen LogP contribution in [0.1, 0.15) is 74.9 Å². The number of rotatable bonds is 4. The number of hydrogen-bond donors (Lipinski definition) is 0. The summed E-state index contributed by atoms with van der Waals surface area (Å²) in [7, 11) is 0. The van der Waals surface area contributed by atoms with E-state index in [1.807, 2.05) is 0 Å². The molecule has 0 amide bonds. The van der Waals surface area contributed by atoms with Crippen LogP contribution in [-0.4, -0.2) is 0 Å². The van der Waals surface area contributed by atoms with E-state index in [0.717, 1.165) is 39.0 Å². The van der Waals surface area contributed by atoms with Gasteiger partial charge in [0.05, 0.1) is 16.8 Å². The molecular formula is C65H51NO. The molecule has 2 nitrogen and oxygen atoms in total. The molecule has 2 aliphatic rings. The van der Waals surface area contributed by atoms with Crippen LogP contribution in [0.4, 0.5) is 17.1 Å². The fraction of sp³-hybridized carbons (Fsp3) is 0.138. The summed E-state index contributed by atoms with van der Waals surface area (Å²) in [5.74, 6) is 0. The fourth-order valence-electron chi connectivity index (χ4n) is 11.7. The second-order valence-corrected chi connectivity index (χ2v) is 20.8. The minimum atomic E-state index is -0.545. The molecule has 0 radical (unpaired) electrons. The molecule has 1 heterocycles. The first-order valence-corrected chi connectivity index (χ1v) is 23.8. The van der Waals surface area contributed by atoms with E-state index < -0.39 is 5.41 Å². The van der Waals surface area contributed by atoms with Gasteiger partial charge in [-0.15, -0.1) is 0 Å². The maximum atomic E-state index is 7.08. The molecule has 2 aliphatic carbocycles. The van der Waals surface area contributed by atoms with Gasteiger partial charge in [-0.05, 0) is 124 Å². The van der Waals surface area contributed by atoms with E-state index in [2.05, 4.69) is 247 Å². The van der Waals surface area contributed by atoms with E-state index in [0.29, 0.717) is 0 Å². The van der Waals surface area contributed by atoms with Gasteiger partial charge in [0.2, 0.25) is 0 Å². The summed E-state index contributed by atoms with van der Waals surface area (Å²) in [4.78, 5) is 2.49. The van der Waals surface area contributed by atoms with Gasteiger partial charge >= 0.3 is 0 Å². The number of furan rings is 1. The summed E-state index contributed by atoms with van der Waals surface area (Å²) >= 11 is 0. The highest BCUT2D eigenvalue weighted by Crippen LogP contribution is 2.65. The maximum absolute atomic E-state index is 7.08. The Morgan fingerprint density at radius 1 is 0.403 bits per heavy atom. The van der Waals surface area contributed by atoms with E-state index in [1.54, 1.807) is 0 Å².